The summed E-state index contributed by atoms with van der Waals surface area (Å²) in [6.07, 6.45) is 1.53. The Morgan fingerprint density at radius 2 is 1.62 bits per heavy atom. The van der Waals surface area contributed by atoms with E-state index in [9.17, 15) is 23.5 Å². The van der Waals surface area contributed by atoms with Crippen LogP contribution in [0.2, 0.25) is 10.0 Å². The average molecular weight is 513 g/mol. The fourth-order valence-corrected chi connectivity index (χ4v) is 5.10. The number of benzene rings is 2. The summed E-state index contributed by atoms with van der Waals surface area (Å²) in [7, 11) is 0. The molecular weight excluding hydrogens is 489 g/mol. The maximum Gasteiger partial charge on any atom is 0.258 e. The number of amides is 2. The number of aliphatic hydroxyl groups is 1. The van der Waals surface area contributed by atoms with Crippen molar-refractivity contribution in [3.8, 4) is 5.75 Å². The van der Waals surface area contributed by atoms with E-state index in [0.29, 0.717) is 31.2 Å². The van der Waals surface area contributed by atoms with Crippen molar-refractivity contribution in [2.24, 2.45) is 0 Å². The van der Waals surface area contributed by atoms with Crippen LogP contribution in [0, 0.1) is 11.6 Å². The Kier molecular flexibility index (Phi) is 7.03. The van der Waals surface area contributed by atoms with Gasteiger partial charge in [0.2, 0.25) is 5.91 Å². The molecule has 6 nitrogen and oxygen atoms in total. The van der Waals surface area contributed by atoms with E-state index < -0.39 is 34.7 Å². The first-order valence-corrected chi connectivity index (χ1v) is 11.7. The number of ether oxygens (including phenoxy) is 1. The molecule has 3 aliphatic carbocycles. The maximum absolute atomic E-state index is 13.7. The predicted octanol–water partition coefficient (Wildman–Crippen LogP) is 3.94. The molecule has 3 saturated carbocycles. The largest absolute Gasteiger partial charge is 0.484 e. The molecule has 0 aliphatic heterocycles. The Bertz CT molecular complexity index is 1110. The average Bonchev–Trinajstić information content (AvgIpc) is 2.78. The molecule has 182 valence electrons. The molecule has 5 rings (SSSR count). The number of nitrogens with one attached hydrogen (secondary N) is 2. The standard InChI is InChI=1S/C24H24Cl2F2N2O4/c25-16-3-1-14(9-18(16)27)10-21(32)29-23-5-7-24(8-6-23,20(31)12-23)30-22(33)13-34-15-2-4-17(26)19(28)11-15/h1-4,9,11,20,31H,5-8,10,12-13H2,(H,29,32)(H,30,33)/t20-,23?,24?/m0/s1. The molecule has 3 aliphatic rings. The summed E-state index contributed by atoms with van der Waals surface area (Å²) >= 11 is 11.3. The van der Waals surface area contributed by atoms with Gasteiger partial charge in [-0.2, -0.15) is 0 Å². The monoisotopic (exact) mass is 512 g/mol. The van der Waals surface area contributed by atoms with Gasteiger partial charge in [0.1, 0.15) is 17.4 Å². The lowest BCUT2D eigenvalue weighted by Crippen LogP contribution is -2.70. The van der Waals surface area contributed by atoms with Crippen LogP contribution in [0.25, 0.3) is 0 Å². The molecule has 0 spiro atoms. The number of hydrogen-bond donors (Lipinski definition) is 3. The Morgan fingerprint density at radius 1 is 0.971 bits per heavy atom. The molecule has 2 aromatic rings. The lowest BCUT2D eigenvalue weighted by atomic mass is 9.60. The van der Waals surface area contributed by atoms with Crippen molar-refractivity contribution in [2.45, 2.75) is 55.7 Å². The van der Waals surface area contributed by atoms with E-state index in [1.54, 1.807) is 6.07 Å². The Balaban J connectivity index is 1.31. The second-order valence-corrected chi connectivity index (χ2v) is 9.86. The van der Waals surface area contributed by atoms with Crippen LogP contribution in [0.15, 0.2) is 36.4 Å². The Labute approximate surface area is 205 Å². The van der Waals surface area contributed by atoms with Crippen LogP contribution in [0.5, 0.6) is 5.75 Å². The number of hydrogen-bond acceptors (Lipinski definition) is 4. The molecule has 1 atom stereocenters. The number of carbonyl (C=O) groups excluding carboxylic acids is 2. The van der Waals surface area contributed by atoms with Crippen molar-refractivity contribution in [1.29, 1.82) is 0 Å². The topological polar surface area (TPSA) is 87.7 Å². The van der Waals surface area contributed by atoms with Gasteiger partial charge in [0.15, 0.2) is 6.61 Å². The van der Waals surface area contributed by atoms with Crippen molar-refractivity contribution in [1.82, 2.24) is 10.6 Å². The van der Waals surface area contributed by atoms with Gasteiger partial charge in [-0.3, -0.25) is 9.59 Å². The zero-order valence-corrected chi connectivity index (χ0v) is 19.7. The summed E-state index contributed by atoms with van der Waals surface area (Å²) in [6, 6.07) is 8.14. The van der Waals surface area contributed by atoms with Gasteiger partial charge in [-0.25, -0.2) is 8.78 Å². The van der Waals surface area contributed by atoms with Gasteiger partial charge in [0, 0.05) is 11.6 Å². The summed E-state index contributed by atoms with van der Waals surface area (Å²) in [6.45, 7) is -0.338. The molecule has 3 N–H and O–H groups in total. The fourth-order valence-electron chi connectivity index (χ4n) is 4.87. The summed E-state index contributed by atoms with van der Waals surface area (Å²) < 4.78 is 32.5. The molecule has 2 aromatic carbocycles. The van der Waals surface area contributed by atoms with Crippen LogP contribution in [-0.4, -0.2) is 40.7 Å². The summed E-state index contributed by atoms with van der Waals surface area (Å²) in [5.74, 6) is -1.76. The first kappa shape index (κ1) is 24.7. The molecule has 0 heterocycles. The van der Waals surface area contributed by atoms with Gasteiger partial charge in [0.25, 0.3) is 5.91 Å². The highest BCUT2D eigenvalue weighted by Crippen LogP contribution is 2.47. The van der Waals surface area contributed by atoms with Crippen LogP contribution in [0.1, 0.15) is 37.7 Å². The van der Waals surface area contributed by atoms with E-state index in [4.69, 9.17) is 27.9 Å². The molecule has 0 unspecified atom stereocenters. The highest BCUT2D eigenvalue weighted by atomic mass is 35.5. The zero-order valence-electron chi connectivity index (χ0n) is 18.2. The van der Waals surface area contributed by atoms with Crippen molar-refractivity contribution >= 4 is 35.0 Å². The number of carbonyl (C=O) groups is 2. The molecule has 10 heteroatoms. The highest BCUT2D eigenvalue weighted by Gasteiger charge is 2.55. The summed E-state index contributed by atoms with van der Waals surface area (Å²) in [5.41, 5.74) is -0.881. The van der Waals surface area contributed by atoms with Gasteiger partial charge in [-0.1, -0.05) is 29.3 Å². The second kappa shape index (κ2) is 9.68. The minimum atomic E-state index is -0.861. The first-order valence-electron chi connectivity index (χ1n) is 10.9. The van der Waals surface area contributed by atoms with Crippen LogP contribution in [0.3, 0.4) is 0 Å². The molecule has 2 bridgehead atoms. The van der Waals surface area contributed by atoms with E-state index in [1.807, 2.05) is 0 Å². The minimum Gasteiger partial charge on any atom is -0.484 e. The van der Waals surface area contributed by atoms with E-state index in [1.165, 1.54) is 24.3 Å². The van der Waals surface area contributed by atoms with Crippen molar-refractivity contribution in [2.75, 3.05) is 6.61 Å². The Hall–Kier alpha value is -2.42. The predicted molar refractivity (Wildman–Crippen MR) is 123 cm³/mol. The van der Waals surface area contributed by atoms with Gasteiger partial charge >= 0.3 is 0 Å². The Morgan fingerprint density at radius 3 is 2.24 bits per heavy atom. The van der Waals surface area contributed by atoms with Gasteiger partial charge < -0.3 is 20.5 Å². The molecule has 3 fully saturated rings. The minimum absolute atomic E-state index is 0.00353. The third-order valence-corrected chi connectivity index (χ3v) is 7.34. The van der Waals surface area contributed by atoms with E-state index >= 15 is 0 Å². The SMILES string of the molecule is O=C(Cc1ccc(Cl)c(F)c1)NC12CCC(NC(=O)COc3ccc(Cl)c(F)c3)(CC1)[C@@H](O)C2. The number of rotatable bonds is 7. The quantitative estimate of drug-likeness (QED) is 0.524. The van der Waals surface area contributed by atoms with Gasteiger partial charge in [-0.15, -0.1) is 0 Å². The van der Waals surface area contributed by atoms with Crippen LogP contribution < -0.4 is 15.4 Å². The molecule has 2 amide bonds. The number of aliphatic hydroxyl groups excluding tert-OH is 1. The van der Waals surface area contributed by atoms with Crippen LogP contribution in [-0.2, 0) is 16.0 Å². The van der Waals surface area contributed by atoms with E-state index in [2.05, 4.69) is 10.6 Å². The van der Waals surface area contributed by atoms with Crippen molar-refractivity contribution in [3.63, 3.8) is 0 Å². The fraction of sp³-hybridized carbons (Fsp3) is 0.417. The normalized spacial score (nSPS) is 25.6. The summed E-state index contributed by atoms with van der Waals surface area (Å²) in [4.78, 5) is 25.1. The highest BCUT2D eigenvalue weighted by molar-refractivity contribution is 6.31. The second-order valence-electron chi connectivity index (χ2n) is 9.04. The van der Waals surface area contributed by atoms with Crippen molar-refractivity contribution < 1.29 is 28.2 Å². The number of fused-ring (bicyclic) bond motifs is 3. The zero-order chi connectivity index (χ0) is 24.5. The smallest absolute Gasteiger partial charge is 0.258 e. The maximum atomic E-state index is 13.7. The van der Waals surface area contributed by atoms with Crippen molar-refractivity contribution in [3.05, 3.63) is 63.6 Å². The lowest BCUT2D eigenvalue weighted by Gasteiger charge is -2.56. The van der Waals surface area contributed by atoms with Gasteiger partial charge in [0.05, 0.1) is 28.1 Å². The van der Waals surface area contributed by atoms with E-state index in [-0.39, 0.29) is 41.2 Å². The number of halogens is 4. The van der Waals surface area contributed by atoms with E-state index in [0.717, 1.165) is 6.07 Å². The molecule has 34 heavy (non-hydrogen) atoms. The first-order chi connectivity index (χ1) is 16.1. The third kappa shape index (κ3) is 5.29. The molecular formula is C24H24Cl2F2N2O4. The lowest BCUT2D eigenvalue weighted by molar-refractivity contribution is -0.136. The third-order valence-electron chi connectivity index (χ3n) is 6.72. The summed E-state index contributed by atoms with van der Waals surface area (Å²) in [5, 5.41) is 16.7. The van der Waals surface area contributed by atoms with Gasteiger partial charge in [-0.05, 0) is 61.9 Å². The van der Waals surface area contributed by atoms with Crippen LogP contribution >= 0.6 is 23.2 Å². The molecule has 0 radical (unpaired) electrons. The van der Waals surface area contributed by atoms with Crippen LogP contribution in [0.4, 0.5) is 8.78 Å². The molecule has 0 saturated heterocycles. The molecule has 0 aromatic heterocycles.